The Hall–Kier alpha value is -9.96. The third kappa shape index (κ3) is 20.2. The van der Waals surface area contributed by atoms with E-state index in [0.29, 0.717) is 54.7 Å². The molecule has 0 unspecified atom stereocenters. The summed E-state index contributed by atoms with van der Waals surface area (Å²) in [6.45, 7) is 11.9. The molecule has 8 aliphatic heterocycles. The van der Waals surface area contributed by atoms with E-state index in [0.717, 1.165) is 140 Å². The SMILES string of the molecule is CCN1CCc2c(C(=O)N3CCC(c4cc(F)cc(F)c4C(F)(F)F)CC3)n[nH]c2C1.CN1CCc2c(C(=O)N3CCC(c4cc(F)cc(F)c4C(F)(F)F)CC3)n[nH]c2C1.O=C(c1n[nH]c2c1CCN(C1CCC1)C2)N1CCC(c2cc(F)cc(F)c2C(F)(F)F)CC1.O=C(c1n[nH]c2c1CCN(CC1CC1)C2)N1CCC(c2cc(F)cc(F)c2C(F)(F)F)CC1. The molecule has 4 N–H and O–H groups in total. The molecule has 20 nitrogen and oxygen atoms in total. The van der Waals surface area contributed by atoms with Crippen LogP contribution in [0.4, 0.5) is 87.8 Å². The van der Waals surface area contributed by atoms with E-state index in [-0.39, 0.29) is 174 Å². The molecule has 40 heteroatoms. The van der Waals surface area contributed by atoms with Crippen LogP contribution in [0.15, 0.2) is 48.5 Å². The molecule has 0 atom stereocenters. The van der Waals surface area contributed by atoms with Crippen molar-refractivity contribution in [2.45, 2.75) is 197 Å². The minimum atomic E-state index is -4.92. The fraction of sp³-hybridized carbons (Fsp3) is 0.540. The number of fused-ring (bicyclic) bond motifs is 4. The van der Waals surface area contributed by atoms with Gasteiger partial charge in [0.2, 0.25) is 0 Å². The van der Waals surface area contributed by atoms with Crippen molar-refractivity contribution in [1.82, 2.24) is 80.0 Å². The maximum absolute atomic E-state index is 14.0. The number of carbonyl (C=O) groups excluding carboxylic acids is 4. The maximum Gasteiger partial charge on any atom is 0.419 e. The third-order valence-corrected chi connectivity index (χ3v) is 26.5. The fourth-order valence-electron chi connectivity index (χ4n) is 19.4. The minimum Gasteiger partial charge on any atom is -0.337 e. The zero-order valence-electron chi connectivity index (χ0n) is 69.4. The van der Waals surface area contributed by atoms with Gasteiger partial charge in [0.25, 0.3) is 23.6 Å². The Morgan fingerprint density at radius 1 is 0.346 bits per heavy atom. The third-order valence-electron chi connectivity index (χ3n) is 26.5. The number of hydrogen-bond acceptors (Lipinski definition) is 12. The minimum absolute atomic E-state index is 0.188. The topological polar surface area (TPSA) is 209 Å². The number of likely N-dealkylation sites (N-methyl/N-ethyl adjacent to an activating group) is 2. The second-order valence-corrected chi connectivity index (χ2v) is 34.6. The zero-order chi connectivity index (χ0) is 90.6. The smallest absolute Gasteiger partial charge is 0.337 e. The lowest BCUT2D eigenvalue weighted by atomic mass is 9.85. The molecule has 0 bridgehead atoms. The molecule has 12 heterocycles. The largest absolute Gasteiger partial charge is 0.419 e. The standard InChI is InChI=1S/2C23H25F5N4O.C21H23F5N4O.C20H21F5N4O/c24-15-9-17(20(18(25)10-15)23(26,27)28)14-3-7-32(8-4-14)22(33)21-16-5-6-31(11-13-1-2-13)12-19(16)29-30-21;24-14-10-17(20(18(25)11-14)23(26,27)28)13-4-7-31(8-5-13)22(33)21-16-6-9-32(15-2-1-3-15)12-19(16)29-30-21;1-2-29-6-5-14-17(11-29)27-28-19(14)20(31)30-7-3-12(4-8-30)15-9-13(22)10-16(23)18(15)21(24,25)26;1-28-5-4-13-16(10-28)26-27-18(13)19(30)29-6-2-11(3-7-29)14-8-12(21)9-15(22)17(14)20(23,24)25/h9-10,13-14H,1-8,11-12H2,(H,29,30);10-11,13,15H,1-9,12H2,(H,29,30);9-10,12H,2-8,11H2,1H3,(H,27,28);8-9,11H,2-7,10H2,1H3,(H,26,27). The number of likely N-dealkylation sites (tertiary alicyclic amines) is 4. The number of aromatic amines is 4. The van der Waals surface area contributed by atoms with Gasteiger partial charge in [-0.05, 0) is 192 Å². The summed E-state index contributed by atoms with van der Waals surface area (Å²) in [6.07, 6.45) is -9.06. The Morgan fingerprint density at radius 2 is 0.622 bits per heavy atom. The first-order valence-electron chi connectivity index (χ1n) is 42.8. The number of H-pyrrole nitrogens is 4. The van der Waals surface area contributed by atoms with Crippen LogP contribution in [-0.4, -0.2) is 208 Å². The van der Waals surface area contributed by atoms with Crippen LogP contribution < -0.4 is 0 Å². The van der Waals surface area contributed by atoms with Crippen LogP contribution in [0.2, 0.25) is 0 Å². The molecule has 4 saturated heterocycles. The molecule has 6 fully saturated rings. The molecule has 10 aliphatic rings. The van der Waals surface area contributed by atoms with Gasteiger partial charge in [-0.2, -0.15) is 73.1 Å². The average Bonchev–Trinajstić information content (AvgIpc) is 1.37. The number of nitrogens with one attached hydrogen (secondary N) is 4. The molecule has 0 radical (unpaired) electrons. The van der Waals surface area contributed by atoms with Crippen molar-refractivity contribution >= 4 is 23.6 Å². The summed E-state index contributed by atoms with van der Waals surface area (Å²) in [5.41, 5.74) is 1.62. The molecular weight excluding hydrogens is 1710 g/mol. The average molecular weight is 1810 g/mol. The van der Waals surface area contributed by atoms with Crippen molar-refractivity contribution in [3.63, 3.8) is 0 Å². The first-order valence-corrected chi connectivity index (χ1v) is 42.8. The molecule has 686 valence electrons. The van der Waals surface area contributed by atoms with Crippen LogP contribution in [0.5, 0.6) is 0 Å². The molecule has 2 aliphatic carbocycles. The van der Waals surface area contributed by atoms with Gasteiger partial charge in [-0.3, -0.25) is 54.3 Å². The molecule has 0 spiro atoms. The molecular formula is C87H94F20N16O4. The molecule has 8 aromatic rings. The Balaban J connectivity index is 0.000000131. The number of alkyl halides is 12. The van der Waals surface area contributed by atoms with Gasteiger partial charge in [0.05, 0.1) is 45.0 Å². The van der Waals surface area contributed by atoms with Gasteiger partial charge in [-0.15, -0.1) is 0 Å². The van der Waals surface area contributed by atoms with E-state index < -0.39 is 117 Å². The van der Waals surface area contributed by atoms with Gasteiger partial charge in [0.15, 0.2) is 22.8 Å². The van der Waals surface area contributed by atoms with Crippen molar-refractivity contribution < 1.29 is 107 Å². The van der Waals surface area contributed by atoms with Crippen LogP contribution in [-0.2, 0) is 76.6 Å². The highest BCUT2D eigenvalue weighted by molar-refractivity contribution is 5.96. The van der Waals surface area contributed by atoms with Gasteiger partial charge >= 0.3 is 24.7 Å². The number of hydrogen-bond donors (Lipinski definition) is 4. The van der Waals surface area contributed by atoms with Crippen LogP contribution in [0.25, 0.3) is 0 Å². The highest BCUT2D eigenvalue weighted by atomic mass is 19.4. The Kier molecular flexibility index (Phi) is 26.9. The predicted molar refractivity (Wildman–Crippen MR) is 419 cm³/mol. The van der Waals surface area contributed by atoms with Gasteiger partial charge in [-0.1, -0.05) is 13.3 Å². The van der Waals surface area contributed by atoms with E-state index in [1.54, 1.807) is 19.6 Å². The number of piperidine rings is 4. The maximum atomic E-state index is 14.0. The fourth-order valence-corrected chi connectivity index (χ4v) is 19.4. The van der Waals surface area contributed by atoms with Gasteiger partial charge < -0.3 is 24.5 Å². The second-order valence-electron chi connectivity index (χ2n) is 34.6. The van der Waals surface area contributed by atoms with Gasteiger partial charge in [0.1, 0.15) is 46.5 Å². The Labute approximate surface area is 716 Å². The Bertz CT molecular complexity index is 5350. The number of rotatable bonds is 12. The van der Waals surface area contributed by atoms with E-state index >= 15 is 0 Å². The quantitative estimate of drug-likeness (QED) is 0.0843. The number of aromatic nitrogens is 8. The van der Waals surface area contributed by atoms with Crippen LogP contribution >= 0.6 is 0 Å². The zero-order valence-corrected chi connectivity index (χ0v) is 69.4. The van der Waals surface area contributed by atoms with Crippen LogP contribution in [0.3, 0.4) is 0 Å². The number of carbonyl (C=O) groups is 4. The summed E-state index contributed by atoms with van der Waals surface area (Å²) < 4.78 is 271. The van der Waals surface area contributed by atoms with E-state index in [4.69, 9.17) is 0 Å². The normalized spacial score (nSPS) is 19.4. The molecule has 4 aromatic heterocycles. The number of amides is 4. The molecule has 4 amide bonds. The van der Waals surface area contributed by atoms with Crippen molar-refractivity contribution in [3.05, 3.63) is 207 Å². The van der Waals surface area contributed by atoms with Crippen LogP contribution in [0, 0.1) is 52.5 Å². The van der Waals surface area contributed by atoms with E-state index in [2.05, 4.69) is 67.3 Å². The van der Waals surface area contributed by atoms with Crippen molar-refractivity contribution in [3.8, 4) is 0 Å². The lowest BCUT2D eigenvalue weighted by Gasteiger charge is -2.39. The molecule has 4 aromatic carbocycles. The Morgan fingerprint density at radius 3 is 0.906 bits per heavy atom. The van der Waals surface area contributed by atoms with Crippen molar-refractivity contribution in [2.24, 2.45) is 5.92 Å². The summed E-state index contributed by atoms with van der Waals surface area (Å²) in [5.74, 6) is -13.5. The number of nitrogens with zero attached hydrogens (tertiary/aromatic N) is 12. The summed E-state index contributed by atoms with van der Waals surface area (Å²) in [6, 6.07) is 4.70. The van der Waals surface area contributed by atoms with Gasteiger partial charge in [0, 0.05) is 164 Å². The number of benzene rings is 4. The van der Waals surface area contributed by atoms with E-state index in [1.165, 1.54) is 32.1 Å². The summed E-state index contributed by atoms with van der Waals surface area (Å²) >= 11 is 0. The predicted octanol–water partition coefficient (Wildman–Crippen LogP) is 17.0. The summed E-state index contributed by atoms with van der Waals surface area (Å²) in [5, 5.41) is 28.7. The van der Waals surface area contributed by atoms with E-state index in [9.17, 15) is 107 Å². The van der Waals surface area contributed by atoms with E-state index in [1.807, 2.05) is 7.05 Å². The van der Waals surface area contributed by atoms with Crippen LogP contribution in [0.1, 0.15) is 246 Å². The first-order chi connectivity index (χ1) is 60.3. The summed E-state index contributed by atoms with van der Waals surface area (Å²) in [7, 11) is 1.97. The highest BCUT2D eigenvalue weighted by Gasteiger charge is 2.47. The molecule has 2 saturated carbocycles. The van der Waals surface area contributed by atoms with Crippen molar-refractivity contribution in [2.75, 3.05) is 98.7 Å². The van der Waals surface area contributed by atoms with Crippen molar-refractivity contribution in [1.29, 1.82) is 0 Å². The lowest BCUT2D eigenvalue weighted by Crippen LogP contribution is -2.43. The highest BCUT2D eigenvalue weighted by Crippen LogP contribution is 2.47. The first kappa shape index (κ1) is 91.8. The summed E-state index contributed by atoms with van der Waals surface area (Å²) in [4.78, 5) is 67.5. The monoisotopic (exact) mass is 1810 g/mol. The molecule has 18 rings (SSSR count). The lowest BCUT2D eigenvalue weighted by molar-refractivity contribution is -0.141. The number of halogens is 20. The second kappa shape index (κ2) is 37.3. The molecule has 127 heavy (non-hydrogen) atoms. The van der Waals surface area contributed by atoms with Gasteiger partial charge in [-0.25, -0.2) is 35.1 Å².